The Morgan fingerprint density at radius 1 is 1.50 bits per heavy atom. The van der Waals surface area contributed by atoms with Crippen LogP contribution in [-0.4, -0.2) is 11.1 Å². The maximum absolute atomic E-state index is 12.1. The van der Waals surface area contributed by atoms with Gasteiger partial charge in [0.2, 0.25) is 0 Å². The highest BCUT2D eigenvalue weighted by Crippen LogP contribution is 2.36. The first-order chi connectivity index (χ1) is 6.32. The van der Waals surface area contributed by atoms with E-state index in [1.165, 1.54) is 0 Å². The Hall–Kier alpha value is -1.15. The highest BCUT2D eigenvalue weighted by atomic mass is 32.1. The summed E-state index contributed by atoms with van der Waals surface area (Å²) in [5.41, 5.74) is 4.85. The summed E-state index contributed by atoms with van der Waals surface area (Å²) in [5, 5.41) is 9.83. The monoisotopic (exact) mass is 226 g/mol. The largest absolute Gasteiger partial charge is 0.408 e. The fourth-order valence-corrected chi connectivity index (χ4v) is 1.62. The molecule has 14 heavy (non-hydrogen) atoms. The number of nitrogens with two attached hydrogens (primary N) is 1. The molecule has 0 fully saturated rings. The van der Waals surface area contributed by atoms with Crippen LogP contribution in [0.15, 0.2) is 12.1 Å². The van der Waals surface area contributed by atoms with Gasteiger partial charge in [0, 0.05) is 10.9 Å². The molecule has 1 rings (SSSR count). The van der Waals surface area contributed by atoms with E-state index in [1.807, 2.05) is 0 Å². The van der Waals surface area contributed by atoms with Gasteiger partial charge in [-0.3, -0.25) is 10.1 Å². The number of thiophene rings is 1. The van der Waals surface area contributed by atoms with Crippen molar-refractivity contribution in [3.63, 3.8) is 0 Å². The third kappa shape index (κ3) is 2.20. The summed E-state index contributed by atoms with van der Waals surface area (Å²) >= 11 is 0.432. The molecule has 0 saturated carbocycles. The van der Waals surface area contributed by atoms with Gasteiger partial charge in [-0.25, -0.2) is 0 Å². The Bertz CT molecular complexity index is 349. The molecule has 1 heterocycles. The number of hydrogen-bond donors (Lipinski definition) is 1. The van der Waals surface area contributed by atoms with Gasteiger partial charge in [-0.1, -0.05) is 11.3 Å². The Labute approximate surface area is 80.3 Å². The first-order valence-corrected chi connectivity index (χ1v) is 4.20. The molecule has 0 bridgehead atoms. The predicted octanol–water partition coefficient (Wildman–Crippen LogP) is 2.22. The number of nitro groups is 1. The van der Waals surface area contributed by atoms with Gasteiger partial charge >= 0.3 is 11.2 Å². The topological polar surface area (TPSA) is 69.2 Å². The number of alkyl halides is 3. The molecule has 0 amide bonds. The van der Waals surface area contributed by atoms with E-state index in [1.54, 1.807) is 0 Å². The number of hydrogen-bond acceptors (Lipinski definition) is 4. The third-order valence-corrected chi connectivity index (χ3v) is 2.57. The molecule has 1 aromatic rings. The first-order valence-electron chi connectivity index (χ1n) is 3.39. The summed E-state index contributed by atoms with van der Waals surface area (Å²) in [7, 11) is 0. The molecule has 1 atom stereocenters. The zero-order valence-corrected chi connectivity index (χ0v) is 7.43. The summed E-state index contributed by atoms with van der Waals surface area (Å²) in [6.07, 6.45) is -4.57. The van der Waals surface area contributed by atoms with Crippen molar-refractivity contribution in [1.82, 2.24) is 0 Å². The fourth-order valence-electron chi connectivity index (χ4n) is 0.769. The van der Waals surface area contributed by atoms with Gasteiger partial charge in [0.05, 0.1) is 4.92 Å². The minimum Gasteiger partial charge on any atom is -0.316 e. The lowest BCUT2D eigenvalue weighted by Crippen LogP contribution is -2.27. The van der Waals surface area contributed by atoms with Crippen molar-refractivity contribution < 1.29 is 18.1 Å². The zero-order chi connectivity index (χ0) is 10.9. The SMILES string of the molecule is N[C@@H](c1ccc([N+](=O)[O-])s1)C(F)(F)F. The van der Waals surface area contributed by atoms with Gasteiger partial charge in [0.25, 0.3) is 0 Å². The lowest BCUT2D eigenvalue weighted by molar-refractivity contribution is -0.380. The highest BCUT2D eigenvalue weighted by molar-refractivity contribution is 7.15. The molecule has 0 radical (unpaired) electrons. The smallest absolute Gasteiger partial charge is 0.316 e. The van der Waals surface area contributed by atoms with E-state index < -0.39 is 17.1 Å². The van der Waals surface area contributed by atoms with Crippen molar-refractivity contribution in [2.24, 2.45) is 5.73 Å². The van der Waals surface area contributed by atoms with Crippen LogP contribution in [0, 0.1) is 10.1 Å². The number of nitrogens with zero attached hydrogens (tertiary/aromatic N) is 1. The molecular formula is C6H5F3N2O2S. The van der Waals surface area contributed by atoms with Crippen LogP contribution in [0.25, 0.3) is 0 Å². The van der Waals surface area contributed by atoms with Crippen LogP contribution in [0.4, 0.5) is 18.2 Å². The van der Waals surface area contributed by atoms with Crippen molar-refractivity contribution in [3.05, 3.63) is 27.1 Å². The van der Waals surface area contributed by atoms with Gasteiger partial charge in [0.15, 0.2) is 0 Å². The maximum Gasteiger partial charge on any atom is 0.408 e. The Morgan fingerprint density at radius 3 is 2.43 bits per heavy atom. The predicted molar refractivity (Wildman–Crippen MR) is 44.0 cm³/mol. The summed E-state index contributed by atoms with van der Waals surface area (Å²) < 4.78 is 36.2. The Kier molecular flexibility index (Phi) is 2.76. The highest BCUT2D eigenvalue weighted by Gasteiger charge is 2.39. The molecule has 0 aromatic carbocycles. The van der Waals surface area contributed by atoms with Crippen LogP contribution >= 0.6 is 11.3 Å². The summed E-state index contributed by atoms with van der Waals surface area (Å²) in [6, 6.07) is -0.131. The second-order valence-corrected chi connectivity index (χ2v) is 3.55. The average molecular weight is 226 g/mol. The van der Waals surface area contributed by atoms with Crippen LogP contribution in [0.1, 0.15) is 10.9 Å². The molecule has 1 aromatic heterocycles. The van der Waals surface area contributed by atoms with Crippen LogP contribution in [0.3, 0.4) is 0 Å². The van der Waals surface area contributed by atoms with E-state index in [0.29, 0.717) is 11.3 Å². The fraction of sp³-hybridized carbons (Fsp3) is 0.333. The molecule has 78 valence electrons. The summed E-state index contributed by atoms with van der Waals surface area (Å²) in [4.78, 5) is 9.17. The molecule has 8 heteroatoms. The van der Waals surface area contributed by atoms with Crippen molar-refractivity contribution in [2.75, 3.05) is 0 Å². The number of rotatable bonds is 2. The van der Waals surface area contributed by atoms with Crippen molar-refractivity contribution >= 4 is 16.3 Å². The first kappa shape index (κ1) is 10.9. The Morgan fingerprint density at radius 2 is 2.07 bits per heavy atom. The van der Waals surface area contributed by atoms with Gasteiger partial charge in [0.1, 0.15) is 6.04 Å². The quantitative estimate of drug-likeness (QED) is 0.620. The van der Waals surface area contributed by atoms with E-state index in [9.17, 15) is 23.3 Å². The van der Waals surface area contributed by atoms with Gasteiger partial charge < -0.3 is 5.73 Å². The van der Waals surface area contributed by atoms with E-state index in [0.717, 1.165) is 12.1 Å². The molecule has 4 nitrogen and oxygen atoms in total. The zero-order valence-electron chi connectivity index (χ0n) is 6.62. The minimum absolute atomic E-state index is 0.260. The minimum atomic E-state index is -4.57. The van der Waals surface area contributed by atoms with Crippen LogP contribution < -0.4 is 5.73 Å². The normalized spacial score (nSPS) is 14.0. The van der Waals surface area contributed by atoms with Gasteiger partial charge in [-0.05, 0) is 6.07 Å². The summed E-state index contributed by atoms with van der Waals surface area (Å²) in [5.74, 6) is 0. The Balaban J connectivity index is 2.92. The van der Waals surface area contributed by atoms with E-state index >= 15 is 0 Å². The molecular weight excluding hydrogens is 221 g/mol. The van der Waals surface area contributed by atoms with Crippen molar-refractivity contribution in [1.29, 1.82) is 0 Å². The molecule has 0 saturated heterocycles. The van der Waals surface area contributed by atoms with Crippen LogP contribution in [0.5, 0.6) is 0 Å². The number of halogens is 3. The maximum atomic E-state index is 12.1. The van der Waals surface area contributed by atoms with Crippen molar-refractivity contribution in [2.45, 2.75) is 12.2 Å². The van der Waals surface area contributed by atoms with Gasteiger partial charge in [-0.2, -0.15) is 13.2 Å². The van der Waals surface area contributed by atoms with Crippen molar-refractivity contribution in [3.8, 4) is 0 Å². The third-order valence-electron chi connectivity index (χ3n) is 1.45. The molecule has 2 N–H and O–H groups in total. The molecule has 0 spiro atoms. The van der Waals surface area contributed by atoms with E-state index in [2.05, 4.69) is 0 Å². The lowest BCUT2D eigenvalue weighted by atomic mass is 10.2. The summed E-state index contributed by atoms with van der Waals surface area (Å²) in [6.45, 7) is 0. The lowest BCUT2D eigenvalue weighted by Gasteiger charge is -2.12. The second-order valence-electron chi connectivity index (χ2n) is 2.45. The van der Waals surface area contributed by atoms with E-state index in [-0.39, 0.29) is 9.88 Å². The molecule has 0 aliphatic rings. The van der Waals surface area contributed by atoms with Crippen LogP contribution in [-0.2, 0) is 0 Å². The standard InChI is InChI=1S/C6H5F3N2O2S/c7-6(8,9)5(10)3-1-2-4(14-3)11(12)13/h1-2,5H,10H2/t5-/m0/s1. The van der Waals surface area contributed by atoms with Crippen LogP contribution in [0.2, 0.25) is 0 Å². The molecule has 0 unspecified atom stereocenters. The average Bonchev–Trinajstić information content (AvgIpc) is 2.48. The molecule has 0 aliphatic heterocycles. The molecule has 0 aliphatic carbocycles. The van der Waals surface area contributed by atoms with E-state index in [4.69, 9.17) is 5.73 Å². The second kappa shape index (κ2) is 3.54. The van der Waals surface area contributed by atoms with Gasteiger partial charge in [-0.15, -0.1) is 0 Å².